The van der Waals surface area contributed by atoms with Crippen LogP contribution in [-0.2, 0) is 0 Å². The lowest BCUT2D eigenvalue weighted by Gasteiger charge is -2.21. The topological polar surface area (TPSA) is 81.7 Å². The highest BCUT2D eigenvalue weighted by Gasteiger charge is 2.36. The minimum absolute atomic E-state index is 0.0328. The van der Waals surface area contributed by atoms with E-state index in [2.05, 4.69) is 10.6 Å². The Morgan fingerprint density at radius 3 is 2.64 bits per heavy atom. The van der Waals surface area contributed by atoms with Crippen LogP contribution in [-0.4, -0.2) is 23.6 Å². The number of halogens is 4. The molecule has 10 heteroatoms. The van der Waals surface area contributed by atoms with Crippen LogP contribution in [0.4, 0.5) is 29.3 Å². The number of nitrogens with zero attached hydrogens (tertiary/aromatic N) is 1. The lowest BCUT2D eigenvalue weighted by molar-refractivity contribution is 0.0960. The van der Waals surface area contributed by atoms with Gasteiger partial charge in [0.15, 0.2) is 11.6 Å². The van der Waals surface area contributed by atoms with E-state index in [1.54, 1.807) is 18.2 Å². The molecule has 0 saturated heterocycles. The number of carbonyl (C=O) groups excluding carboxylic acids is 2. The molecule has 2 aliphatic rings. The number of amides is 3. The molecule has 0 saturated carbocycles. The van der Waals surface area contributed by atoms with Gasteiger partial charge in [0.2, 0.25) is 0 Å². The smallest absolute Gasteiger partial charge is 0.326 e. The van der Waals surface area contributed by atoms with E-state index in [0.717, 1.165) is 17.0 Å². The Morgan fingerprint density at radius 2 is 1.85 bits per heavy atom. The molecule has 0 bridgehead atoms. The van der Waals surface area contributed by atoms with Gasteiger partial charge in [-0.15, -0.1) is 0 Å². The molecule has 2 aliphatic heterocycles. The van der Waals surface area contributed by atoms with Crippen LogP contribution in [0.1, 0.15) is 39.2 Å². The minimum atomic E-state index is -1.19. The number of aliphatic hydroxyl groups excluding tert-OH is 1. The predicted octanol–water partition coefficient (Wildman–Crippen LogP) is 4.68. The van der Waals surface area contributed by atoms with Crippen LogP contribution in [0.3, 0.4) is 0 Å². The number of rotatable bonds is 2. The maximum absolute atomic E-state index is 13.9. The van der Waals surface area contributed by atoms with Gasteiger partial charge < -0.3 is 15.7 Å². The molecule has 0 radical (unpaired) electrons. The Bertz CT molecular complexity index is 1330. The first-order valence-electron chi connectivity index (χ1n) is 9.89. The summed E-state index contributed by atoms with van der Waals surface area (Å²) in [6, 6.07) is 8.57. The largest absolute Gasteiger partial charge is 0.386 e. The minimum Gasteiger partial charge on any atom is -0.386 e. The molecule has 2 heterocycles. The third-order valence-electron chi connectivity index (χ3n) is 5.75. The molecule has 3 aromatic rings. The Labute approximate surface area is 190 Å². The van der Waals surface area contributed by atoms with Crippen LogP contribution < -0.4 is 15.5 Å². The molecule has 3 aromatic carbocycles. The van der Waals surface area contributed by atoms with Gasteiger partial charge in [-0.25, -0.2) is 18.0 Å². The quantitative estimate of drug-likeness (QED) is 0.505. The van der Waals surface area contributed by atoms with Gasteiger partial charge in [0.25, 0.3) is 5.91 Å². The Morgan fingerprint density at radius 1 is 1.09 bits per heavy atom. The van der Waals surface area contributed by atoms with Crippen LogP contribution in [0.2, 0.25) is 5.02 Å². The molecule has 3 amide bonds. The molecule has 0 unspecified atom stereocenters. The van der Waals surface area contributed by atoms with E-state index >= 15 is 0 Å². The molecule has 5 rings (SSSR count). The van der Waals surface area contributed by atoms with Crippen molar-refractivity contribution < 1.29 is 27.9 Å². The fourth-order valence-electron chi connectivity index (χ4n) is 4.23. The van der Waals surface area contributed by atoms with Crippen molar-refractivity contribution in [3.05, 3.63) is 93.3 Å². The van der Waals surface area contributed by atoms with Gasteiger partial charge in [0.1, 0.15) is 5.82 Å². The molecule has 33 heavy (non-hydrogen) atoms. The van der Waals surface area contributed by atoms with Gasteiger partial charge in [-0.05, 0) is 36.4 Å². The van der Waals surface area contributed by atoms with E-state index in [9.17, 15) is 27.9 Å². The van der Waals surface area contributed by atoms with Crippen LogP contribution in [0.25, 0.3) is 0 Å². The highest BCUT2D eigenvalue weighted by molar-refractivity contribution is 6.31. The first-order chi connectivity index (χ1) is 15.7. The molecule has 0 aliphatic carbocycles. The lowest BCUT2D eigenvalue weighted by Crippen LogP contribution is -2.34. The highest BCUT2D eigenvalue weighted by atomic mass is 35.5. The monoisotopic (exact) mass is 473 g/mol. The van der Waals surface area contributed by atoms with E-state index in [1.165, 1.54) is 18.2 Å². The van der Waals surface area contributed by atoms with Gasteiger partial charge in [-0.1, -0.05) is 17.7 Å². The maximum atomic E-state index is 13.9. The SMILES string of the molecule is O=C1N[C@@H](c2cc(F)ccc2Cl)c2c(NC(=O)N3C[C@H](O)c4cc(F)c(F)cc43)cccc21. The highest BCUT2D eigenvalue weighted by Crippen LogP contribution is 2.40. The number of hydrogen-bond donors (Lipinski definition) is 3. The lowest BCUT2D eigenvalue weighted by atomic mass is 9.96. The summed E-state index contributed by atoms with van der Waals surface area (Å²) in [6.45, 7) is -0.213. The van der Waals surface area contributed by atoms with E-state index in [4.69, 9.17) is 11.6 Å². The molecule has 168 valence electrons. The summed E-state index contributed by atoms with van der Waals surface area (Å²) in [5.41, 5.74) is 1.33. The zero-order chi connectivity index (χ0) is 23.4. The number of β-amino-alcohol motifs (C(OH)–C–C–N with tert-alkyl or cyclic N) is 1. The normalized spacial score (nSPS) is 18.7. The number of fused-ring (bicyclic) bond motifs is 2. The number of carbonyl (C=O) groups is 2. The average molecular weight is 474 g/mol. The molecule has 2 atom stereocenters. The molecular formula is C23H15ClF3N3O3. The second-order valence-corrected chi connectivity index (χ2v) is 8.13. The van der Waals surface area contributed by atoms with Crippen molar-refractivity contribution in [3.63, 3.8) is 0 Å². The van der Waals surface area contributed by atoms with Gasteiger partial charge in [0.05, 0.1) is 24.4 Å². The molecule has 0 fully saturated rings. The molecular weight excluding hydrogens is 459 g/mol. The third-order valence-corrected chi connectivity index (χ3v) is 6.09. The number of urea groups is 1. The molecule has 3 N–H and O–H groups in total. The summed E-state index contributed by atoms with van der Waals surface area (Å²) in [5, 5.41) is 15.8. The fraction of sp³-hybridized carbons (Fsp3) is 0.130. The van der Waals surface area contributed by atoms with Crippen molar-refractivity contribution in [3.8, 4) is 0 Å². The van der Waals surface area contributed by atoms with Crippen molar-refractivity contribution in [2.45, 2.75) is 12.1 Å². The van der Waals surface area contributed by atoms with Gasteiger partial charge >= 0.3 is 6.03 Å². The molecule has 0 spiro atoms. The summed E-state index contributed by atoms with van der Waals surface area (Å²) in [4.78, 5) is 26.7. The first-order valence-corrected chi connectivity index (χ1v) is 10.3. The zero-order valence-electron chi connectivity index (χ0n) is 16.7. The second kappa shape index (κ2) is 7.79. The van der Waals surface area contributed by atoms with Crippen LogP contribution in [0, 0.1) is 17.5 Å². The van der Waals surface area contributed by atoms with E-state index < -0.39 is 41.5 Å². The van der Waals surface area contributed by atoms with Gasteiger partial charge in [0, 0.05) is 39.0 Å². The standard InChI is InChI=1S/C23H15ClF3N3O3/c24-14-5-4-10(25)6-12(14)21-20-11(22(32)29-21)2-1-3-17(20)28-23(33)30-9-19(31)13-7-15(26)16(27)8-18(13)30/h1-8,19,21,31H,9H2,(H,28,33)(H,29,32)/t19-,21-/m0/s1. The van der Waals surface area contributed by atoms with Gasteiger partial charge in [-0.3, -0.25) is 9.69 Å². The van der Waals surface area contributed by atoms with E-state index in [-0.39, 0.29) is 34.1 Å². The van der Waals surface area contributed by atoms with Crippen LogP contribution in [0.15, 0.2) is 48.5 Å². The van der Waals surface area contributed by atoms with E-state index in [1.807, 2.05) is 0 Å². The summed E-state index contributed by atoms with van der Waals surface area (Å²) in [7, 11) is 0. The van der Waals surface area contributed by atoms with Crippen molar-refractivity contribution >= 4 is 34.9 Å². The molecule has 6 nitrogen and oxygen atoms in total. The predicted molar refractivity (Wildman–Crippen MR) is 115 cm³/mol. The number of hydrogen-bond acceptors (Lipinski definition) is 3. The Balaban J connectivity index is 1.52. The van der Waals surface area contributed by atoms with E-state index in [0.29, 0.717) is 11.1 Å². The van der Waals surface area contributed by atoms with Crippen molar-refractivity contribution in [2.75, 3.05) is 16.8 Å². The summed E-state index contributed by atoms with van der Waals surface area (Å²) < 4.78 is 41.3. The van der Waals surface area contributed by atoms with Gasteiger partial charge in [-0.2, -0.15) is 0 Å². The maximum Gasteiger partial charge on any atom is 0.326 e. The number of anilines is 2. The Kier molecular flexibility index (Phi) is 5.02. The number of benzene rings is 3. The second-order valence-electron chi connectivity index (χ2n) is 7.72. The van der Waals surface area contributed by atoms with Crippen molar-refractivity contribution in [1.29, 1.82) is 0 Å². The Hall–Kier alpha value is -3.56. The summed E-state index contributed by atoms with van der Waals surface area (Å²) in [6.07, 6.45) is -1.19. The van der Waals surface area contributed by atoms with Crippen LogP contribution >= 0.6 is 11.6 Å². The number of aliphatic hydroxyl groups is 1. The fourth-order valence-corrected chi connectivity index (χ4v) is 4.46. The summed E-state index contributed by atoms with van der Waals surface area (Å²) >= 11 is 6.24. The third kappa shape index (κ3) is 3.49. The average Bonchev–Trinajstić information content (AvgIpc) is 3.28. The molecule has 0 aromatic heterocycles. The van der Waals surface area contributed by atoms with Crippen molar-refractivity contribution in [2.24, 2.45) is 0 Å². The van der Waals surface area contributed by atoms with Crippen LogP contribution in [0.5, 0.6) is 0 Å². The number of nitrogens with one attached hydrogen (secondary N) is 2. The first kappa shape index (κ1) is 21.3. The summed E-state index contributed by atoms with van der Waals surface area (Å²) in [5.74, 6) is -3.26. The zero-order valence-corrected chi connectivity index (χ0v) is 17.5. The van der Waals surface area contributed by atoms with Crippen molar-refractivity contribution in [1.82, 2.24) is 5.32 Å².